The lowest BCUT2D eigenvalue weighted by molar-refractivity contribution is -0.996. The quantitative estimate of drug-likeness (QED) is 0.420. The van der Waals surface area contributed by atoms with Gasteiger partial charge in [-0.2, -0.15) is 10.5 Å². The molecule has 0 aliphatic carbocycles. The number of nitrogens with one attached hydrogen (secondary N) is 2. The van der Waals surface area contributed by atoms with Crippen LogP contribution in [0.3, 0.4) is 0 Å². The third kappa shape index (κ3) is 4.85. The Labute approximate surface area is 115 Å². The summed E-state index contributed by atoms with van der Waals surface area (Å²) in [5, 5.41) is 37.0. The van der Waals surface area contributed by atoms with E-state index in [0.717, 1.165) is 18.2 Å². The van der Waals surface area contributed by atoms with E-state index in [9.17, 15) is 15.2 Å². The van der Waals surface area contributed by atoms with Crippen molar-refractivity contribution in [3.8, 4) is 0 Å². The van der Waals surface area contributed by atoms with Crippen LogP contribution in [-0.4, -0.2) is 23.0 Å². The number of carbonyl (C=O) groups excluding carboxylic acids is 1. The van der Waals surface area contributed by atoms with E-state index in [4.69, 9.17) is 15.2 Å². The van der Waals surface area contributed by atoms with E-state index in [-0.39, 0.29) is 23.5 Å². The summed E-state index contributed by atoms with van der Waals surface area (Å²) < 4.78 is 4.98. The summed E-state index contributed by atoms with van der Waals surface area (Å²) in [5.74, 6) is -0.362. The van der Waals surface area contributed by atoms with E-state index >= 15 is 0 Å². The van der Waals surface area contributed by atoms with Crippen molar-refractivity contribution >= 4 is 17.3 Å². The molecule has 0 aliphatic heterocycles. The summed E-state index contributed by atoms with van der Waals surface area (Å²) in [6, 6.07) is 3.20. The Kier molecular flexibility index (Phi) is 6.02. The minimum Gasteiger partial charge on any atom is -0.595 e. The van der Waals surface area contributed by atoms with Crippen LogP contribution in [0.25, 0.3) is 0 Å². The monoisotopic (exact) mass is 286 g/mol. The zero-order valence-corrected chi connectivity index (χ0v) is 11.3. The van der Waals surface area contributed by atoms with Gasteiger partial charge in [-0.05, 0) is 12.3 Å². The zero-order chi connectivity index (χ0) is 15.3. The fourth-order valence-electron chi connectivity index (χ4n) is 1.46. The molecule has 2 unspecified atom stereocenters. The Hall–Kier alpha value is -1.55. The average molecular weight is 286 g/mol. The fraction of sp³-hybridized carbons (Fsp3) is 0.417. The van der Waals surface area contributed by atoms with Crippen molar-refractivity contribution in [1.82, 2.24) is 0 Å². The minimum absolute atomic E-state index is 0.0777. The van der Waals surface area contributed by atoms with E-state index in [1.54, 1.807) is 0 Å². The Morgan fingerprint density at radius 2 is 1.70 bits per heavy atom. The van der Waals surface area contributed by atoms with Gasteiger partial charge >= 0.3 is 5.97 Å². The highest BCUT2D eigenvalue weighted by atomic mass is 16.8. The summed E-state index contributed by atoms with van der Waals surface area (Å²) in [4.78, 5) is 11.8. The van der Waals surface area contributed by atoms with Gasteiger partial charge in [-0.1, -0.05) is 13.8 Å². The molecular formula is C12H18N2O6. The maximum atomic E-state index is 11.8. The molecule has 0 aromatic heterocycles. The first-order valence-corrected chi connectivity index (χ1v) is 6.10. The lowest BCUT2D eigenvalue weighted by Crippen LogP contribution is -3.00. The molecule has 0 heterocycles. The van der Waals surface area contributed by atoms with Gasteiger partial charge in [0.25, 0.3) is 0 Å². The topological polar surface area (TPSA) is 122 Å². The standard InChI is InChI=1S/C12H18N2O6/c1-8(2)3-4-20-12(15)9-5-10(13(16)17)7-11(6-9)14(18)19/h5-8,13-14,16,18H,3-4H2,1-2H3. The van der Waals surface area contributed by atoms with Crippen LogP contribution in [0.15, 0.2) is 18.2 Å². The fourth-order valence-corrected chi connectivity index (χ4v) is 1.46. The molecule has 1 aromatic rings. The van der Waals surface area contributed by atoms with Crippen molar-refractivity contribution < 1.29 is 30.4 Å². The Bertz CT molecular complexity index is 435. The Balaban J connectivity index is 2.90. The molecule has 112 valence electrons. The van der Waals surface area contributed by atoms with Crippen LogP contribution in [0.2, 0.25) is 0 Å². The lowest BCUT2D eigenvalue weighted by atomic mass is 10.1. The number of hydrogen-bond donors (Lipinski definition) is 4. The summed E-state index contributed by atoms with van der Waals surface area (Å²) in [6.45, 7) is 4.15. The molecule has 8 nitrogen and oxygen atoms in total. The number of ether oxygens (including phenoxy) is 1. The maximum absolute atomic E-state index is 11.8. The van der Waals surface area contributed by atoms with Crippen LogP contribution in [0, 0.1) is 16.3 Å². The van der Waals surface area contributed by atoms with Crippen molar-refractivity contribution in [2.24, 2.45) is 5.92 Å². The smallest absolute Gasteiger partial charge is 0.338 e. The summed E-state index contributed by atoms with van der Waals surface area (Å²) in [7, 11) is 0. The normalized spacial score (nSPS) is 14.2. The predicted molar refractivity (Wildman–Crippen MR) is 67.7 cm³/mol. The van der Waals surface area contributed by atoms with Gasteiger partial charge in [0.15, 0.2) is 11.4 Å². The molecule has 1 aromatic carbocycles. The van der Waals surface area contributed by atoms with Gasteiger partial charge in [-0.3, -0.25) is 0 Å². The summed E-state index contributed by atoms with van der Waals surface area (Å²) >= 11 is 0. The van der Waals surface area contributed by atoms with Gasteiger partial charge in [-0.25, -0.2) is 15.2 Å². The van der Waals surface area contributed by atoms with Gasteiger partial charge in [0, 0.05) is 12.1 Å². The van der Waals surface area contributed by atoms with Crippen molar-refractivity contribution in [1.29, 1.82) is 0 Å². The van der Waals surface area contributed by atoms with Crippen LogP contribution < -0.4 is 10.5 Å². The number of rotatable bonds is 6. The molecular weight excluding hydrogens is 268 g/mol. The molecule has 4 N–H and O–H groups in total. The molecule has 0 saturated heterocycles. The molecule has 0 fully saturated rings. The highest BCUT2D eigenvalue weighted by molar-refractivity contribution is 5.91. The molecule has 0 bridgehead atoms. The number of carbonyl (C=O) groups is 1. The average Bonchev–Trinajstić information content (AvgIpc) is 2.37. The Morgan fingerprint density at radius 1 is 1.20 bits per heavy atom. The van der Waals surface area contributed by atoms with E-state index in [1.165, 1.54) is 0 Å². The zero-order valence-electron chi connectivity index (χ0n) is 11.3. The highest BCUT2D eigenvalue weighted by Crippen LogP contribution is 2.14. The lowest BCUT2D eigenvalue weighted by Gasteiger charge is -2.17. The first-order valence-electron chi connectivity index (χ1n) is 6.10. The third-order valence-corrected chi connectivity index (χ3v) is 2.59. The van der Waals surface area contributed by atoms with Crippen molar-refractivity contribution in [2.45, 2.75) is 20.3 Å². The predicted octanol–water partition coefficient (Wildman–Crippen LogP) is -0.304. The maximum Gasteiger partial charge on any atom is 0.338 e. The molecule has 1 rings (SSSR count). The third-order valence-electron chi connectivity index (χ3n) is 2.59. The van der Waals surface area contributed by atoms with Gasteiger partial charge < -0.3 is 15.2 Å². The van der Waals surface area contributed by atoms with Crippen molar-refractivity contribution in [2.75, 3.05) is 6.61 Å². The van der Waals surface area contributed by atoms with Crippen LogP contribution in [-0.2, 0) is 4.74 Å². The molecule has 0 aliphatic rings. The molecule has 2 atom stereocenters. The first-order chi connectivity index (χ1) is 9.31. The largest absolute Gasteiger partial charge is 0.595 e. The molecule has 0 amide bonds. The first kappa shape index (κ1) is 16.5. The van der Waals surface area contributed by atoms with Crippen LogP contribution >= 0.6 is 0 Å². The minimum atomic E-state index is -1.30. The summed E-state index contributed by atoms with van der Waals surface area (Å²) in [5.41, 5.74) is -0.604. The second-order valence-corrected chi connectivity index (χ2v) is 4.73. The number of esters is 1. The number of benzene rings is 1. The second kappa shape index (κ2) is 7.29. The number of hydrogen-bond acceptors (Lipinski definition) is 6. The van der Waals surface area contributed by atoms with E-state index < -0.39 is 16.4 Å². The van der Waals surface area contributed by atoms with Gasteiger partial charge in [-0.15, -0.1) is 0 Å². The van der Waals surface area contributed by atoms with E-state index in [2.05, 4.69) is 0 Å². The van der Waals surface area contributed by atoms with Crippen molar-refractivity contribution in [3.05, 3.63) is 34.2 Å². The SMILES string of the molecule is CC(C)CCOC(=O)c1cc([NH+]([O-])O)cc([NH+]([O-])O)c1. The second-order valence-electron chi connectivity index (χ2n) is 4.73. The van der Waals surface area contributed by atoms with Crippen LogP contribution in [0.4, 0.5) is 11.4 Å². The van der Waals surface area contributed by atoms with Crippen molar-refractivity contribution in [3.63, 3.8) is 0 Å². The van der Waals surface area contributed by atoms with Crippen LogP contribution in [0.5, 0.6) is 0 Å². The van der Waals surface area contributed by atoms with E-state index in [0.29, 0.717) is 12.3 Å². The molecule has 8 heteroatoms. The Morgan fingerprint density at radius 3 is 2.10 bits per heavy atom. The van der Waals surface area contributed by atoms with Gasteiger partial charge in [0.2, 0.25) is 0 Å². The van der Waals surface area contributed by atoms with Crippen LogP contribution in [0.1, 0.15) is 30.6 Å². The van der Waals surface area contributed by atoms with Gasteiger partial charge in [0.05, 0.1) is 18.2 Å². The number of quaternary nitrogens is 2. The molecule has 0 radical (unpaired) electrons. The summed E-state index contributed by atoms with van der Waals surface area (Å²) in [6.07, 6.45) is 0.677. The molecule has 0 saturated carbocycles. The highest BCUT2D eigenvalue weighted by Gasteiger charge is 2.16. The molecule has 0 spiro atoms. The molecule has 20 heavy (non-hydrogen) atoms. The van der Waals surface area contributed by atoms with Gasteiger partial charge in [0.1, 0.15) is 0 Å². The van der Waals surface area contributed by atoms with E-state index in [1.807, 2.05) is 13.8 Å².